The molecule has 0 unspecified atom stereocenters. The average Bonchev–Trinajstić information content (AvgIpc) is 3.05. The van der Waals surface area contributed by atoms with Crippen molar-refractivity contribution in [2.45, 2.75) is 18.9 Å². The number of hydrogen-bond acceptors (Lipinski definition) is 2. The summed E-state index contributed by atoms with van der Waals surface area (Å²) >= 11 is 0. The van der Waals surface area contributed by atoms with Gasteiger partial charge in [0.15, 0.2) is 0 Å². The number of hydrogen-bond donors (Lipinski definition) is 1. The highest BCUT2D eigenvalue weighted by atomic mass is 19.1. The molecule has 1 fully saturated rings. The second-order valence-electron chi connectivity index (χ2n) is 5.52. The third kappa shape index (κ3) is 3.39. The fraction of sp³-hybridized carbons (Fsp3) is 0.222. The predicted molar refractivity (Wildman–Crippen MR) is 85.5 cm³/mol. The zero-order valence-corrected chi connectivity index (χ0v) is 12.5. The molecule has 2 aromatic carbocycles. The van der Waals surface area contributed by atoms with Crippen molar-refractivity contribution >= 4 is 17.5 Å². The first kappa shape index (κ1) is 15.2. The molecule has 0 saturated carbocycles. The number of halogens is 1. The number of nitrogens with zero attached hydrogens (tertiary/aromatic N) is 1. The lowest BCUT2D eigenvalue weighted by atomic mass is 10.1. The molecule has 3 rings (SSSR count). The minimum Gasteiger partial charge on any atom is -0.327 e. The molecular weight excluding hydrogens is 295 g/mol. The van der Waals surface area contributed by atoms with Crippen molar-refractivity contribution in [1.82, 2.24) is 4.90 Å². The molecule has 1 heterocycles. The smallest absolute Gasteiger partial charge is 0.254 e. The van der Waals surface area contributed by atoms with Gasteiger partial charge in [-0.15, -0.1) is 0 Å². The Labute approximate surface area is 133 Å². The first-order chi connectivity index (χ1) is 11.1. The van der Waals surface area contributed by atoms with Gasteiger partial charge in [-0.25, -0.2) is 4.39 Å². The van der Waals surface area contributed by atoms with Gasteiger partial charge in [0.05, 0.1) is 0 Å². The SMILES string of the molecule is O=C(Nc1ccccc1)[C@H]1CCCN1C(=O)c1cccc(F)c1. The van der Waals surface area contributed by atoms with Crippen LogP contribution in [0.15, 0.2) is 54.6 Å². The van der Waals surface area contributed by atoms with E-state index in [2.05, 4.69) is 5.32 Å². The minimum absolute atomic E-state index is 0.210. The number of benzene rings is 2. The van der Waals surface area contributed by atoms with E-state index in [0.29, 0.717) is 18.7 Å². The first-order valence-corrected chi connectivity index (χ1v) is 7.57. The maximum absolute atomic E-state index is 13.3. The summed E-state index contributed by atoms with van der Waals surface area (Å²) in [7, 11) is 0. The zero-order valence-electron chi connectivity index (χ0n) is 12.5. The number of carbonyl (C=O) groups excluding carboxylic acids is 2. The van der Waals surface area contributed by atoms with Crippen LogP contribution in [0.5, 0.6) is 0 Å². The van der Waals surface area contributed by atoms with Crippen LogP contribution >= 0.6 is 0 Å². The lowest BCUT2D eigenvalue weighted by molar-refractivity contribution is -0.119. The number of para-hydroxylation sites is 1. The Balaban J connectivity index is 1.74. The summed E-state index contributed by atoms with van der Waals surface area (Å²) in [5, 5.41) is 2.82. The van der Waals surface area contributed by atoms with Gasteiger partial charge < -0.3 is 10.2 Å². The molecule has 118 valence electrons. The van der Waals surface area contributed by atoms with Crippen LogP contribution < -0.4 is 5.32 Å². The fourth-order valence-corrected chi connectivity index (χ4v) is 2.82. The second kappa shape index (κ2) is 6.60. The molecule has 4 nitrogen and oxygen atoms in total. The van der Waals surface area contributed by atoms with E-state index < -0.39 is 11.9 Å². The summed E-state index contributed by atoms with van der Waals surface area (Å²) in [6, 6.07) is 14.2. The van der Waals surface area contributed by atoms with E-state index in [1.807, 2.05) is 18.2 Å². The molecular formula is C18H17FN2O2. The Hall–Kier alpha value is -2.69. The third-order valence-electron chi connectivity index (χ3n) is 3.93. The van der Waals surface area contributed by atoms with Gasteiger partial charge in [-0.3, -0.25) is 9.59 Å². The van der Waals surface area contributed by atoms with Crippen LogP contribution in [0.3, 0.4) is 0 Å². The van der Waals surface area contributed by atoms with E-state index in [0.717, 1.165) is 6.42 Å². The molecule has 0 aromatic heterocycles. The molecule has 23 heavy (non-hydrogen) atoms. The zero-order chi connectivity index (χ0) is 16.2. The number of carbonyl (C=O) groups is 2. The van der Waals surface area contributed by atoms with Crippen LogP contribution in [0.2, 0.25) is 0 Å². The Morgan fingerprint density at radius 1 is 1.09 bits per heavy atom. The molecule has 2 amide bonds. The molecule has 1 saturated heterocycles. The first-order valence-electron chi connectivity index (χ1n) is 7.57. The van der Waals surface area contributed by atoms with E-state index in [-0.39, 0.29) is 17.4 Å². The molecule has 1 atom stereocenters. The summed E-state index contributed by atoms with van der Waals surface area (Å²) in [6.07, 6.45) is 1.37. The Bertz CT molecular complexity index is 718. The van der Waals surface area contributed by atoms with Crippen molar-refractivity contribution in [1.29, 1.82) is 0 Å². The highest BCUT2D eigenvalue weighted by Crippen LogP contribution is 2.22. The van der Waals surface area contributed by atoms with Crippen molar-refractivity contribution < 1.29 is 14.0 Å². The summed E-state index contributed by atoms with van der Waals surface area (Å²) in [4.78, 5) is 26.5. The van der Waals surface area contributed by atoms with Gasteiger partial charge in [0.1, 0.15) is 11.9 Å². The van der Waals surface area contributed by atoms with Crippen LogP contribution in [0.4, 0.5) is 10.1 Å². The maximum atomic E-state index is 13.3. The van der Waals surface area contributed by atoms with Crippen LogP contribution in [0, 0.1) is 5.82 Å². The van der Waals surface area contributed by atoms with Crippen molar-refractivity contribution in [2.75, 3.05) is 11.9 Å². The second-order valence-corrected chi connectivity index (χ2v) is 5.52. The number of anilines is 1. The summed E-state index contributed by atoms with van der Waals surface area (Å²) in [5.74, 6) is -0.978. The van der Waals surface area contributed by atoms with Gasteiger partial charge in [0, 0.05) is 17.8 Å². The van der Waals surface area contributed by atoms with Gasteiger partial charge in [-0.2, -0.15) is 0 Å². The predicted octanol–water partition coefficient (Wildman–Crippen LogP) is 3.07. The number of amides is 2. The Kier molecular flexibility index (Phi) is 4.37. The topological polar surface area (TPSA) is 49.4 Å². The van der Waals surface area contributed by atoms with E-state index in [1.165, 1.54) is 23.1 Å². The molecule has 1 aliphatic heterocycles. The standard InChI is InChI=1S/C18H17FN2O2/c19-14-7-4-6-13(12-14)18(23)21-11-5-10-16(21)17(22)20-15-8-2-1-3-9-15/h1-4,6-9,12,16H,5,10-11H2,(H,20,22)/t16-/m1/s1. The fourth-order valence-electron chi connectivity index (χ4n) is 2.82. The molecule has 0 radical (unpaired) electrons. The molecule has 5 heteroatoms. The maximum Gasteiger partial charge on any atom is 0.254 e. The van der Waals surface area contributed by atoms with Crippen molar-refractivity contribution in [3.63, 3.8) is 0 Å². The van der Waals surface area contributed by atoms with Gasteiger partial charge in [0.25, 0.3) is 5.91 Å². The van der Waals surface area contributed by atoms with Crippen LogP contribution in [-0.4, -0.2) is 29.3 Å². The number of nitrogens with one attached hydrogen (secondary N) is 1. The minimum atomic E-state index is -0.522. The highest BCUT2D eigenvalue weighted by Gasteiger charge is 2.34. The van der Waals surface area contributed by atoms with Crippen molar-refractivity contribution in [2.24, 2.45) is 0 Å². The number of likely N-dealkylation sites (tertiary alicyclic amines) is 1. The van der Waals surface area contributed by atoms with Crippen LogP contribution in [0.1, 0.15) is 23.2 Å². The molecule has 1 aliphatic rings. The molecule has 2 aromatic rings. The van der Waals surface area contributed by atoms with E-state index in [4.69, 9.17) is 0 Å². The quantitative estimate of drug-likeness (QED) is 0.947. The van der Waals surface area contributed by atoms with Crippen LogP contribution in [0.25, 0.3) is 0 Å². The molecule has 1 N–H and O–H groups in total. The van der Waals surface area contributed by atoms with Gasteiger partial charge >= 0.3 is 0 Å². The van der Waals surface area contributed by atoms with Crippen LogP contribution in [-0.2, 0) is 4.79 Å². The third-order valence-corrected chi connectivity index (χ3v) is 3.93. The number of rotatable bonds is 3. The van der Waals surface area contributed by atoms with Crippen molar-refractivity contribution in [3.05, 3.63) is 66.0 Å². The summed E-state index contributed by atoms with van der Waals surface area (Å²) < 4.78 is 13.3. The molecule has 0 spiro atoms. The lowest BCUT2D eigenvalue weighted by Crippen LogP contribution is -2.43. The van der Waals surface area contributed by atoms with Gasteiger partial charge in [0.2, 0.25) is 5.91 Å². The Morgan fingerprint density at radius 2 is 1.87 bits per heavy atom. The van der Waals surface area contributed by atoms with E-state index >= 15 is 0 Å². The summed E-state index contributed by atoms with van der Waals surface area (Å²) in [6.45, 7) is 0.502. The Morgan fingerprint density at radius 3 is 2.61 bits per heavy atom. The normalized spacial score (nSPS) is 17.1. The molecule has 0 bridgehead atoms. The average molecular weight is 312 g/mol. The van der Waals surface area contributed by atoms with Gasteiger partial charge in [-0.1, -0.05) is 24.3 Å². The van der Waals surface area contributed by atoms with E-state index in [1.54, 1.807) is 18.2 Å². The monoisotopic (exact) mass is 312 g/mol. The van der Waals surface area contributed by atoms with Gasteiger partial charge in [-0.05, 0) is 43.2 Å². The van der Waals surface area contributed by atoms with E-state index in [9.17, 15) is 14.0 Å². The highest BCUT2D eigenvalue weighted by molar-refractivity contribution is 6.01. The molecule has 0 aliphatic carbocycles. The largest absolute Gasteiger partial charge is 0.327 e. The summed E-state index contributed by atoms with van der Waals surface area (Å²) in [5.41, 5.74) is 0.965. The van der Waals surface area contributed by atoms with Crippen molar-refractivity contribution in [3.8, 4) is 0 Å². The lowest BCUT2D eigenvalue weighted by Gasteiger charge is -2.24.